The van der Waals surface area contributed by atoms with Crippen LogP contribution in [0.5, 0.6) is 5.75 Å². The first kappa shape index (κ1) is 16.3. The van der Waals surface area contributed by atoms with Gasteiger partial charge in [-0.3, -0.25) is 4.79 Å². The Labute approximate surface area is 158 Å². The standard InChI is InChI=1S/C19H19N5O2S/c1-23-5-7-24(8-6-23)11-2-3-12-14(10-11)21-18(20-12)15-16(25)17-13(4-9-27-17)22-19(15)26/h2-4,9-10H,5-8H2,1H3,(H,20,21)(H2,22,25,26). The molecule has 3 aromatic heterocycles. The molecule has 0 spiro atoms. The molecule has 0 amide bonds. The summed E-state index contributed by atoms with van der Waals surface area (Å²) in [7, 11) is 2.14. The fourth-order valence-corrected chi connectivity index (χ4v) is 4.39. The highest BCUT2D eigenvalue weighted by atomic mass is 32.1. The van der Waals surface area contributed by atoms with Crippen LogP contribution in [0.2, 0.25) is 0 Å². The molecule has 138 valence electrons. The summed E-state index contributed by atoms with van der Waals surface area (Å²) in [5.74, 6) is 0.358. The molecular formula is C19H19N5O2S. The minimum atomic E-state index is -0.350. The van der Waals surface area contributed by atoms with Crippen molar-refractivity contribution in [2.24, 2.45) is 0 Å². The van der Waals surface area contributed by atoms with Gasteiger partial charge in [0.25, 0.3) is 5.56 Å². The van der Waals surface area contributed by atoms with Gasteiger partial charge in [0.05, 0.1) is 21.3 Å². The summed E-state index contributed by atoms with van der Waals surface area (Å²) < 4.78 is 0.656. The van der Waals surface area contributed by atoms with Crippen LogP contribution in [0.3, 0.4) is 0 Å². The van der Waals surface area contributed by atoms with Crippen molar-refractivity contribution in [3.05, 3.63) is 40.0 Å². The lowest BCUT2D eigenvalue weighted by molar-refractivity contribution is 0.313. The maximum Gasteiger partial charge on any atom is 0.263 e. The summed E-state index contributed by atoms with van der Waals surface area (Å²) in [6.45, 7) is 4.05. The maximum absolute atomic E-state index is 12.5. The molecule has 4 heterocycles. The molecule has 1 aliphatic rings. The highest BCUT2D eigenvalue weighted by Crippen LogP contribution is 2.35. The number of likely N-dealkylation sites (N-methyl/N-ethyl adjacent to an activating group) is 1. The molecule has 0 saturated carbocycles. The highest BCUT2D eigenvalue weighted by molar-refractivity contribution is 7.17. The van der Waals surface area contributed by atoms with E-state index in [0.29, 0.717) is 16.0 Å². The Morgan fingerprint density at radius 3 is 2.74 bits per heavy atom. The quantitative estimate of drug-likeness (QED) is 0.497. The van der Waals surface area contributed by atoms with E-state index in [0.717, 1.165) is 42.9 Å². The average Bonchev–Trinajstić information content (AvgIpc) is 3.28. The van der Waals surface area contributed by atoms with Gasteiger partial charge in [-0.1, -0.05) is 0 Å². The Morgan fingerprint density at radius 2 is 1.93 bits per heavy atom. The van der Waals surface area contributed by atoms with E-state index in [1.165, 1.54) is 11.3 Å². The maximum atomic E-state index is 12.5. The molecule has 3 N–H and O–H groups in total. The zero-order valence-corrected chi connectivity index (χ0v) is 15.6. The molecule has 1 aromatic carbocycles. The van der Waals surface area contributed by atoms with E-state index in [9.17, 15) is 9.90 Å². The van der Waals surface area contributed by atoms with Crippen LogP contribution in [-0.4, -0.2) is 58.2 Å². The van der Waals surface area contributed by atoms with Gasteiger partial charge < -0.3 is 24.9 Å². The number of benzene rings is 1. The van der Waals surface area contributed by atoms with Crippen LogP contribution in [0.4, 0.5) is 5.69 Å². The number of aromatic amines is 2. The molecule has 1 saturated heterocycles. The van der Waals surface area contributed by atoms with Crippen LogP contribution in [0.25, 0.3) is 32.6 Å². The number of fused-ring (bicyclic) bond motifs is 2. The number of H-pyrrole nitrogens is 2. The van der Waals surface area contributed by atoms with Crippen LogP contribution < -0.4 is 10.5 Å². The van der Waals surface area contributed by atoms with Crippen molar-refractivity contribution in [2.45, 2.75) is 0 Å². The third-order valence-electron chi connectivity index (χ3n) is 5.16. The molecule has 7 nitrogen and oxygen atoms in total. The van der Waals surface area contributed by atoms with Crippen molar-refractivity contribution in [3.8, 4) is 17.1 Å². The normalized spacial score (nSPS) is 15.8. The first-order valence-corrected chi connectivity index (χ1v) is 9.74. The third-order valence-corrected chi connectivity index (χ3v) is 6.08. The Morgan fingerprint density at radius 1 is 1.11 bits per heavy atom. The fraction of sp³-hybridized carbons (Fsp3) is 0.263. The molecular weight excluding hydrogens is 362 g/mol. The molecule has 1 fully saturated rings. The lowest BCUT2D eigenvalue weighted by atomic mass is 10.2. The van der Waals surface area contributed by atoms with Gasteiger partial charge in [-0.2, -0.15) is 0 Å². The van der Waals surface area contributed by atoms with Crippen LogP contribution >= 0.6 is 11.3 Å². The van der Waals surface area contributed by atoms with E-state index < -0.39 is 0 Å². The Balaban J connectivity index is 1.58. The highest BCUT2D eigenvalue weighted by Gasteiger charge is 2.19. The molecule has 0 unspecified atom stereocenters. The van der Waals surface area contributed by atoms with Gasteiger partial charge in [-0.05, 0) is 36.7 Å². The summed E-state index contributed by atoms with van der Waals surface area (Å²) in [4.78, 5) is 27.7. The number of aromatic nitrogens is 3. The van der Waals surface area contributed by atoms with Gasteiger partial charge in [0.15, 0.2) is 5.75 Å². The lowest BCUT2D eigenvalue weighted by Gasteiger charge is -2.34. The zero-order chi connectivity index (χ0) is 18.5. The number of pyridine rings is 1. The van der Waals surface area contributed by atoms with Gasteiger partial charge in [0.1, 0.15) is 11.4 Å². The number of hydrogen-bond donors (Lipinski definition) is 3. The van der Waals surface area contributed by atoms with E-state index in [2.05, 4.69) is 43.9 Å². The van der Waals surface area contributed by atoms with Gasteiger partial charge in [0, 0.05) is 31.9 Å². The zero-order valence-electron chi connectivity index (χ0n) is 14.8. The second-order valence-electron chi connectivity index (χ2n) is 6.92. The summed E-state index contributed by atoms with van der Waals surface area (Å²) in [5.41, 5.74) is 3.23. The second-order valence-corrected chi connectivity index (χ2v) is 7.83. The number of thiophene rings is 1. The van der Waals surface area contributed by atoms with Gasteiger partial charge in [0.2, 0.25) is 0 Å². The summed E-state index contributed by atoms with van der Waals surface area (Å²) in [6, 6.07) is 7.86. The van der Waals surface area contributed by atoms with Crippen LogP contribution in [-0.2, 0) is 0 Å². The number of hydrogen-bond acceptors (Lipinski definition) is 6. The molecule has 5 rings (SSSR count). The van der Waals surface area contributed by atoms with E-state index in [1.54, 1.807) is 6.07 Å². The average molecular weight is 381 g/mol. The Kier molecular flexibility index (Phi) is 3.70. The van der Waals surface area contributed by atoms with Gasteiger partial charge in [-0.25, -0.2) is 4.98 Å². The molecule has 8 heteroatoms. The van der Waals surface area contributed by atoms with E-state index >= 15 is 0 Å². The first-order chi connectivity index (χ1) is 13.1. The SMILES string of the molecule is CN1CCN(c2ccc3nc(-c4c(O)c5sccc5[nH]c4=O)[nH]c3c2)CC1. The topological polar surface area (TPSA) is 88.2 Å². The largest absolute Gasteiger partial charge is 0.505 e. The molecule has 0 bridgehead atoms. The lowest BCUT2D eigenvalue weighted by Crippen LogP contribution is -2.44. The first-order valence-electron chi connectivity index (χ1n) is 8.86. The van der Waals surface area contributed by atoms with Crippen LogP contribution in [0, 0.1) is 0 Å². The molecule has 4 aromatic rings. The fourth-order valence-electron chi connectivity index (χ4n) is 3.59. The predicted octanol–water partition coefficient (Wildman–Crippen LogP) is 2.59. The van der Waals surface area contributed by atoms with Crippen molar-refractivity contribution in [1.29, 1.82) is 0 Å². The molecule has 0 atom stereocenters. The number of imidazole rings is 1. The molecule has 1 aliphatic heterocycles. The van der Waals surface area contributed by atoms with Crippen molar-refractivity contribution in [1.82, 2.24) is 19.9 Å². The van der Waals surface area contributed by atoms with Crippen LogP contribution in [0.15, 0.2) is 34.4 Å². The number of rotatable bonds is 2. The summed E-state index contributed by atoms with van der Waals surface area (Å²) >= 11 is 1.39. The second kappa shape index (κ2) is 6.11. The van der Waals surface area contributed by atoms with Crippen LogP contribution in [0.1, 0.15) is 0 Å². The molecule has 27 heavy (non-hydrogen) atoms. The summed E-state index contributed by atoms with van der Waals surface area (Å²) in [5, 5.41) is 12.4. The van der Waals surface area contributed by atoms with Crippen molar-refractivity contribution in [2.75, 3.05) is 38.1 Å². The predicted molar refractivity (Wildman–Crippen MR) is 109 cm³/mol. The van der Waals surface area contributed by atoms with Crippen molar-refractivity contribution in [3.63, 3.8) is 0 Å². The van der Waals surface area contributed by atoms with E-state index in [4.69, 9.17) is 0 Å². The van der Waals surface area contributed by atoms with E-state index in [-0.39, 0.29) is 16.9 Å². The monoisotopic (exact) mass is 381 g/mol. The minimum absolute atomic E-state index is 0.0258. The number of anilines is 1. The number of nitrogens with one attached hydrogen (secondary N) is 2. The Bertz CT molecular complexity index is 1200. The molecule has 0 radical (unpaired) electrons. The van der Waals surface area contributed by atoms with E-state index in [1.807, 2.05) is 11.4 Å². The van der Waals surface area contributed by atoms with Crippen molar-refractivity contribution < 1.29 is 5.11 Å². The molecule has 0 aliphatic carbocycles. The third kappa shape index (κ3) is 2.68. The summed E-state index contributed by atoms with van der Waals surface area (Å²) in [6.07, 6.45) is 0. The number of nitrogens with zero attached hydrogens (tertiary/aromatic N) is 3. The number of piperazine rings is 1. The Hall–Kier alpha value is -2.84. The minimum Gasteiger partial charge on any atom is -0.505 e. The number of aromatic hydroxyl groups is 1. The van der Waals surface area contributed by atoms with Gasteiger partial charge >= 0.3 is 0 Å². The van der Waals surface area contributed by atoms with Gasteiger partial charge in [-0.15, -0.1) is 11.3 Å². The smallest absolute Gasteiger partial charge is 0.263 e. The van der Waals surface area contributed by atoms with Crippen molar-refractivity contribution >= 4 is 38.3 Å².